The third-order valence-corrected chi connectivity index (χ3v) is 3.83. The molecule has 0 radical (unpaired) electrons. The van der Waals surface area contributed by atoms with E-state index >= 15 is 0 Å². The van der Waals surface area contributed by atoms with Crippen LogP contribution in [-0.2, 0) is 0 Å². The molecular formula is C12H8Cl4. The fourth-order valence-corrected chi connectivity index (χ4v) is 2.76. The van der Waals surface area contributed by atoms with E-state index in [0.29, 0.717) is 16.5 Å². The van der Waals surface area contributed by atoms with Crippen LogP contribution in [0.2, 0.25) is 0 Å². The number of hydrogen-bond acceptors (Lipinski definition) is 0. The zero-order valence-electron chi connectivity index (χ0n) is 8.18. The van der Waals surface area contributed by atoms with Gasteiger partial charge in [-0.25, -0.2) is 0 Å². The molecule has 0 unspecified atom stereocenters. The van der Waals surface area contributed by atoms with Crippen molar-refractivity contribution >= 4 is 52.0 Å². The number of benzene rings is 1. The van der Waals surface area contributed by atoms with E-state index in [1.807, 2.05) is 30.3 Å². The minimum absolute atomic E-state index is 0.331. The Morgan fingerprint density at radius 3 is 2.25 bits per heavy atom. The van der Waals surface area contributed by atoms with Gasteiger partial charge in [0.05, 0.1) is 5.03 Å². The monoisotopic (exact) mass is 292 g/mol. The first-order chi connectivity index (χ1) is 7.50. The molecule has 1 aliphatic carbocycles. The van der Waals surface area contributed by atoms with E-state index in [1.54, 1.807) is 6.08 Å². The summed E-state index contributed by atoms with van der Waals surface area (Å²) in [6.45, 7) is 0. The van der Waals surface area contributed by atoms with Gasteiger partial charge in [-0.3, -0.25) is 0 Å². The first kappa shape index (κ1) is 12.3. The lowest BCUT2D eigenvalue weighted by Gasteiger charge is -2.27. The molecule has 0 N–H and O–H groups in total. The van der Waals surface area contributed by atoms with Crippen LogP contribution in [0.3, 0.4) is 0 Å². The molecule has 0 saturated heterocycles. The van der Waals surface area contributed by atoms with Crippen molar-refractivity contribution in [2.45, 2.75) is 10.8 Å². The van der Waals surface area contributed by atoms with E-state index in [0.717, 1.165) is 11.1 Å². The molecule has 0 aromatic heterocycles. The Balaban J connectivity index is 2.51. The number of rotatable bonds is 1. The van der Waals surface area contributed by atoms with E-state index in [-0.39, 0.29) is 0 Å². The van der Waals surface area contributed by atoms with E-state index in [9.17, 15) is 0 Å². The Hall–Kier alpha value is -0.140. The second-order valence-corrected chi connectivity index (χ2v) is 5.91. The minimum atomic E-state index is -1.02. The van der Waals surface area contributed by atoms with Crippen LogP contribution in [0.5, 0.6) is 0 Å². The molecule has 16 heavy (non-hydrogen) atoms. The van der Waals surface area contributed by atoms with Gasteiger partial charge in [0.15, 0.2) is 0 Å². The van der Waals surface area contributed by atoms with Crippen molar-refractivity contribution in [2.75, 3.05) is 0 Å². The Morgan fingerprint density at radius 2 is 1.62 bits per heavy atom. The van der Waals surface area contributed by atoms with Crippen LogP contribution in [-0.4, -0.2) is 4.33 Å². The van der Waals surface area contributed by atoms with Gasteiger partial charge in [0, 0.05) is 11.5 Å². The van der Waals surface area contributed by atoms with E-state index in [4.69, 9.17) is 46.4 Å². The third kappa shape index (κ3) is 2.41. The lowest BCUT2D eigenvalue weighted by atomic mass is 9.96. The predicted octanol–water partition coefficient (Wildman–Crippen LogP) is 5.34. The van der Waals surface area contributed by atoms with E-state index < -0.39 is 4.33 Å². The minimum Gasteiger partial charge on any atom is -0.0959 e. The van der Waals surface area contributed by atoms with Gasteiger partial charge in [-0.05, 0) is 17.2 Å². The molecule has 4 heteroatoms. The van der Waals surface area contributed by atoms with Crippen LogP contribution < -0.4 is 0 Å². The van der Waals surface area contributed by atoms with Crippen LogP contribution in [0.25, 0.3) is 5.57 Å². The van der Waals surface area contributed by atoms with Gasteiger partial charge in [0.25, 0.3) is 0 Å². The van der Waals surface area contributed by atoms with Gasteiger partial charge >= 0.3 is 0 Å². The fraction of sp³-hybridized carbons (Fsp3) is 0.167. The lowest BCUT2D eigenvalue weighted by molar-refractivity contribution is 0.961. The summed E-state index contributed by atoms with van der Waals surface area (Å²) < 4.78 is -1.02. The number of halogens is 4. The molecule has 0 aliphatic heterocycles. The standard InChI is InChI=1S/C12H8Cl4/c13-10-6-9(8-4-2-1-3-5-8)12(15,16)7-11(10)14/h1-6H,7H2. The smallest absolute Gasteiger partial charge is 0.0959 e. The molecule has 0 atom stereocenters. The predicted molar refractivity (Wildman–Crippen MR) is 72.2 cm³/mol. The fourth-order valence-electron chi connectivity index (χ4n) is 1.60. The molecule has 1 aromatic carbocycles. The summed E-state index contributed by atoms with van der Waals surface area (Å²) >= 11 is 24.4. The second-order valence-electron chi connectivity index (χ2n) is 3.56. The molecule has 0 heterocycles. The van der Waals surface area contributed by atoms with E-state index in [2.05, 4.69) is 0 Å². The van der Waals surface area contributed by atoms with Gasteiger partial charge < -0.3 is 0 Å². The highest BCUT2D eigenvalue weighted by Crippen LogP contribution is 2.47. The van der Waals surface area contributed by atoms with Crippen molar-refractivity contribution in [3.63, 3.8) is 0 Å². The van der Waals surface area contributed by atoms with Crippen molar-refractivity contribution < 1.29 is 0 Å². The first-order valence-electron chi connectivity index (χ1n) is 4.70. The first-order valence-corrected chi connectivity index (χ1v) is 6.21. The van der Waals surface area contributed by atoms with Crippen molar-refractivity contribution in [1.82, 2.24) is 0 Å². The molecule has 0 fully saturated rings. The molecule has 0 saturated carbocycles. The maximum absolute atomic E-state index is 6.25. The molecule has 0 bridgehead atoms. The largest absolute Gasteiger partial charge is 0.148 e. The average Bonchev–Trinajstić information content (AvgIpc) is 2.24. The van der Waals surface area contributed by atoms with Gasteiger partial charge in [-0.15, -0.1) is 0 Å². The second kappa shape index (κ2) is 4.62. The molecule has 84 valence electrons. The van der Waals surface area contributed by atoms with E-state index in [1.165, 1.54) is 0 Å². The summed E-state index contributed by atoms with van der Waals surface area (Å²) in [6.07, 6.45) is 2.06. The van der Waals surface area contributed by atoms with Gasteiger partial charge in [-0.1, -0.05) is 76.7 Å². The Labute approximate surface area is 114 Å². The zero-order chi connectivity index (χ0) is 11.8. The van der Waals surface area contributed by atoms with Crippen molar-refractivity contribution in [1.29, 1.82) is 0 Å². The van der Waals surface area contributed by atoms with Gasteiger partial charge in [-0.2, -0.15) is 0 Å². The molecule has 0 amide bonds. The summed E-state index contributed by atoms with van der Waals surface area (Å²) in [5.74, 6) is 0. The van der Waals surface area contributed by atoms with Crippen LogP contribution in [0.1, 0.15) is 12.0 Å². The highest BCUT2D eigenvalue weighted by Gasteiger charge is 2.34. The van der Waals surface area contributed by atoms with Crippen molar-refractivity contribution in [3.05, 3.63) is 52.0 Å². The number of hydrogen-bond donors (Lipinski definition) is 0. The maximum Gasteiger partial charge on any atom is 0.148 e. The quantitative estimate of drug-likeness (QED) is 0.613. The summed E-state index contributed by atoms with van der Waals surface area (Å²) in [5.41, 5.74) is 1.74. The maximum atomic E-state index is 6.25. The molecule has 1 aromatic rings. The topological polar surface area (TPSA) is 0 Å². The molecule has 1 aliphatic rings. The van der Waals surface area contributed by atoms with Crippen LogP contribution in [0.15, 0.2) is 46.5 Å². The van der Waals surface area contributed by atoms with Crippen LogP contribution in [0.4, 0.5) is 0 Å². The van der Waals surface area contributed by atoms with Gasteiger partial charge in [0.1, 0.15) is 4.33 Å². The molecule has 0 nitrogen and oxygen atoms in total. The zero-order valence-corrected chi connectivity index (χ0v) is 11.2. The summed E-state index contributed by atoms with van der Waals surface area (Å²) in [6, 6.07) is 9.66. The molecule has 0 spiro atoms. The number of allylic oxidation sites excluding steroid dienone is 4. The normalized spacial score (nSPS) is 19.6. The average molecular weight is 294 g/mol. The summed E-state index contributed by atoms with van der Waals surface area (Å²) in [4.78, 5) is 0. The van der Waals surface area contributed by atoms with Gasteiger partial charge in [0.2, 0.25) is 0 Å². The highest BCUT2D eigenvalue weighted by molar-refractivity contribution is 6.56. The van der Waals surface area contributed by atoms with Crippen molar-refractivity contribution in [2.24, 2.45) is 0 Å². The van der Waals surface area contributed by atoms with Crippen molar-refractivity contribution in [3.8, 4) is 0 Å². The lowest BCUT2D eigenvalue weighted by Crippen LogP contribution is -2.18. The van der Waals surface area contributed by atoms with Crippen LogP contribution in [0, 0.1) is 0 Å². The van der Waals surface area contributed by atoms with Crippen LogP contribution >= 0.6 is 46.4 Å². The summed E-state index contributed by atoms with van der Waals surface area (Å²) in [5, 5.41) is 0.990. The highest BCUT2D eigenvalue weighted by atomic mass is 35.5. The third-order valence-electron chi connectivity index (χ3n) is 2.39. The number of alkyl halides is 2. The Kier molecular flexibility index (Phi) is 3.56. The molecular weight excluding hydrogens is 286 g/mol. The Bertz CT molecular complexity index is 457. The Morgan fingerprint density at radius 1 is 1.00 bits per heavy atom. The molecule has 2 rings (SSSR count). The SMILES string of the molecule is ClC1=C(Cl)CC(Cl)(Cl)C(c2ccccc2)=C1. The summed E-state index contributed by atoms with van der Waals surface area (Å²) in [7, 11) is 0.